The lowest BCUT2D eigenvalue weighted by molar-refractivity contribution is -0.110. The number of carbonyl (C=O) groups is 2. The molecule has 6 heteroatoms. The van der Waals surface area contributed by atoms with Crippen LogP contribution in [0.25, 0.3) is 11.3 Å². The highest BCUT2D eigenvalue weighted by atomic mass is 16.5. The van der Waals surface area contributed by atoms with Crippen LogP contribution in [0.3, 0.4) is 0 Å². The number of fused-ring (bicyclic) bond motifs is 1. The van der Waals surface area contributed by atoms with Gasteiger partial charge in [0.15, 0.2) is 0 Å². The van der Waals surface area contributed by atoms with Crippen molar-refractivity contribution in [2.45, 2.75) is 13.3 Å². The third-order valence-electron chi connectivity index (χ3n) is 5.66. The van der Waals surface area contributed by atoms with Gasteiger partial charge < -0.3 is 20.3 Å². The molecule has 0 atom stereocenters. The first kappa shape index (κ1) is 23.3. The zero-order valence-electron chi connectivity index (χ0n) is 19.7. The van der Waals surface area contributed by atoms with E-state index in [9.17, 15) is 9.59 Å². The Labute approximate surface area is 200 Å². The summed E-state index contributed by atoms with van der Waals surface area (Å²) in [5, 5.41) is 6.38. The Morgan fingerprint density at radius 1 is 0.971 bits per heavy atom. The van der Waals surface area contributed by atoms with Crippen molar-refractivity contribution < 1.29 is 14.3 Å². The Balaban J connectivity index is 1.72. The Kier molecular flexibility index (Phi) is 7.09. The van der Waals surface area contributed by atoms with E-state index >= 15 is 0 Å². The Morgan fingerprint density at radius 2 is 1.71 bits per heavy atom. The highest BCUT2D eigenvalue weighted by molar-refractivity contribution is 6.37. The van der Waals surface area contributed by atoms with Crippen LogP contribution in [0.2, 0.25) is 0 Å². The van der Waals surface area contributed by atoms with Crippen molar-refractivity contribution in [2.75, 3.05) is 37.9 Å². The third kappa shape index (κ3) is 5.18. The van der Waals surface area contributed by atoms with E-state index < -0.39 is 5.97 Å². The summed E-state index contributed by atoms with van der Waals surface area (Å²) < 4.78 is 5.10. The molecule has 174 valence electrons. The summed E-state index contributed by atoms with van der Waals surface area (Å²) in [6, 6.07) is 23.2. The van der Waals surface area contributed by atoms with E-state index in [-0.39, 0.29) is 5.91 Å². The minimum Gasteiger partial charge on any atom is -0.462 e. The predicted octanol–water partition coefficient (Wildman–Crippen LogP) is 4.90. The van der Waals surface area contributed by atoms with E-state index in [0.717, 1.165) is 29.8 Å². The van der Waals surface area contributed by atoms with Gasteiger partial charge in [-0.05, 0) is 62.8 Å². The molecule has 0 saturated carbocycles. The van der Waals surface area contributed by atoms with Crippen LogP contribution >= 0.6 is 0 Å². The van der Waals surface area contributed by atoms with E-state index in [0.29, 0.717) is 29.1 Å². The maximum Gasteiger partial charge on any atom is 0.338 e. The van der Waals surface area contributed by atoms with Gasteiger partial charge in [-0.1, -0.05) is 48.5 Å². The molecular weight excluding hydrogens is 426 g/mol. The van der Waals surface area contributed by atoms with Crippen molar-refractivity contribution in [3.63, 3.8) is 0 Å². The SMILES string of the molecule is CCOC(=O)c1ccc2c(c1)NC(=O)/C2=C(\Nc1ccc(CCN(C)C)cc1)c1ccccc1. The number of esters is 1. The van der Waals surface area contributed by atoms with Crippen LogP contribution in [-0.2, 0) is 16.0 Å². The van der Waals surface area contributed by atoms with E-state index in [1.54, 1.807) is 25.1 Å². The largest absolute Gasteiger partial charge is 0.462 e. The highest BCUT2D eigenvalue weighted by Gasteiger charge is 2.29. The summed E-state index contributed by atoms with van der Waals surface area (Å²) in [7, 11) is 4.13. The second-order valence-electron chi connectivity index (χ2n) is 8.43. The molecule has 3 aromatic carbocycles. The van der Waals surface area contributed by atoms with E-state index in [1.165, 1.54) is 5.56 Å². The first-order valence-corrected chi connectivity index (χ1v) is 11.4. The molecule has 1 aliphatic rings. The molecule has 0 aromatic heterocycles. The summed E-state index contributed by atoms with van der Waals surface area (Å²) in [5.74, 6) is -0.627. The number of ether oxygens (including phenoxy) is 1. The molecule has 2 N–H and O–H groups in total. The summed E-state index contributed by atoms with van der Waals surface area (Å²) >= 11 is 0. The van der Waals surface area contributed by atoms with Crippen LogP contribution in [-0.4, -0.2) is 44.0 Å². The van der Waals surface area contributed by atoms with Crippen molar-refractivity contribution in [3.8, 4) is 0 Å². The molecule has 0 aliphatic carbocycles. The second-order valence-corrected chi connectivity index (χ2v) is 8.43. The fraction of sp³-hybridized carbons (Fsp3) is 0.214. The number of benzene rings is 3. The van der Waals surface area contributed by atoms with Gasteiger partial charge in [-0.2, -0.15) is 0 Å². The van der Waals surface area contributed by atoms with E-state index in [2.05, 4.69) is 41.8 Å². The molecule has 0 unspecified atom stereocenters. The maximum atomic E-state index is 13.1. The highest BCUT2D eigenvalue weighted by Crippen LogP contribution is 2.38. The lowest BCUT2D eigenvalue weighted by atomic mass is 9.99. The van der Waals surface area contributed by atoms with E-state index in [1.807, 2.05) is 42.5 Å². The molecule has 6 nitrogen and oxygen atoms in total. The summed E-state index contributed by atoms with van der Waals surface area (Å²) in [6.45, 7) is 3.04. The number of nitrogens with zero attached hydrogens (tertiary/aromatic N) is 1. The minimum absolute atomic E-state index is 0.218. The fourth-order valence-electron chi connectivity index (χ4n) is 3.90. The number of hydrogen-bond acceptors (Lipinski definition) is 5. The smallest absolute Gasteiger partial charge is 0.338 e. The molecule has 0 bridgehead atoms. The maximum absolute atomic E-state index is 13.1. The molecule has 0 radical (unpaired) electrons. The zero-order chi connectivity index (χ0) is 24.1. The Bertz CT molecular complexity index is 1220. The normalized spacial score (nSPS) is 13.9. The Morgan fingerprint density at radius 3 is 2.38 bits per heavy atom. The molecular formula is C28H29N3O3. The van der Waals surface area contributed by atoms with Gasteiger partial charge in [0.05, 0.1) is 29.1 Å². The zero-order valence-corrected chi connectivity index (χ0v) is 19.7. The van der Waals surface area contributed by atoms with Crippen LogP contribution in [0.5, 0.6) is 0 Å². The lowest BCUT2D eigenvalue weighted by Gasteiger charge is -2.15. The molecule has 4 rings (SSSR count). The van der Waals surface area contributed by atoms with Crippen LogP contribution in [0, 0.1) is 0 Å². The monoisotopic (exact) mass is 455 g/mol. The van der Waals surface area contributed by atoms with Gasteiger partial charge in [0, 0.05) is 17.8 Å². The van der Waals surface area contributed by atoms with Crippen molar-refractivity contribution in [1.29, 1.82) is 0 Å². The average Bonchev–Trinajstić information content (AvgIpc) is 3.17. The number of amides is 1. The molecule has 34 heavy (non-hydrogen) atoms. The predicted molar refractivity (Wildman–Crippen MR) is 137 cm³/mol. The molecule has 0 fully saturated rings. The van der Waals surface area contributed by atoms with Crippen LogP contribution in [0.15, 0.2) is 72.8 Å². The first-order valence-electron chi connectivity index (χ1n) is 11.4. The van der Waals surface area contributed by atoms with E-state index in [4.69, 9.17) is 4.74 Å². The minimum atomic E-state index is -0.409. The molecule has 1 amide bonds. The first-order chi connectivity index (χ1) is 16.5. The number of anilines is 2. The molecule has 3 aromatic rings. The van der Waals surface area contributed by atoms with Gasteiger partial charge in [-0.15, -0.1) is 0 Å². The summed E-state index contributed by atoms with van der Waals surface area (Å²) in [6.07, 6.45) is 0.971. The third-order valence-corrected chi connectivity index (χ3v) is 5.66. The van der Waals surface area contributed by atoms with Crippen molar-refractivity contribution >= 4 is 34.5 Å². The van der Waals surface area contributed by atoms with Gasteiger partial charge in [-0.25, -0.2) is 4.79 Å². The number of carbonyl (C=O) groups excluding carboxylic acids is 2. The summed E-state index contributed by atoms with van der Waals surface area (Å²) in [5.41, 5.74) is 6.03. The number of rotatable bonds is 8. The van der Waals surface area contributed by atoms with Crippen LogP contribution < -0.4 is 10.6 Å². The molecule has 0 spiro atoms. The lowest BCUT2D eigenvalue weighted by Crippen LogP contribution is -2.15. The standard InChI is InChI=1S/C28H29N3O3/c1-4-34-28(33)21-12-15-23-24(18-21)30-27(32)25(23)26(20-8-6-5-7-9-20)29-22-13-10-19(11-14-22)16-17-31(2)3/h5-15,18,29H,4,16-17H2,1-3H3,(H,30,32)/b26-25-. The molecule has 1 heterocycles. The van der Waals surface area contributed by atoms with Crippen molar-refractivity contribution in [1.82, 2.24) is 4.90 Å². The molecule has 0 saturated heterocycles. The number of likely N-dealkylation sites (N-methyl/N-ethyl adjacent to an activating group) is 1. The van der Waals surface area contributed by atoms with Gasteiger partial charge in [0.2, 0.25) is 0 Å². The number of hydrogen-bond donors (Lipinski definition) is 2. The van der Waals surface area contributed by atoms with Gasteiger partial charge in [-0.3, -0.25) is 4.79 Å². The van der Waals surface area contributed by atoms with Gasteiger partial charge in [0.1, 0.15) is 0 Å². The van der Waals surface area contributed by atoms with Crippen molar-refractivity contribution in [2.24, 2.45) is 0 Å². The van der Waals surface area contributed by atoms with Crippen LogP contribution in [0.4, 0.5) is 11.4 Å². The second kappa shape index (κ2) is 10.4. The topological polar surface area (TPSA) is 70.7 Å². The fourth-order valence-corrected chi connectivity index (χ4v) is 3.90. The quantitative estimate of drug-likeness (QED) is 0.373. The van der Waals surface area contributed by atoms with Crippen LogP contribution in [0.1, 0.15) is 34.0 Å². The van der Waals surface area contributed by atoms with Crippen molar-refractivity contribution in [3.05, 3.63) is 95.1 Å². The van der Waals surface area contributed by atoms with Gasteiger partial charge in [0.25, 0.3) is 5.91 Å². The van der Waals surface area contributed by atoms with Gasteiger partial charge >= 0.3 is 5.97 Å². The summed E-state index contributed by atoms with van der Waals surface area (Å²) in [4.78, 5) is 27.4. The number of nitrogens with one attached hydrogen (secondary N) is 2. The Hall–Kier alpha value is -3.90. The molecule has 1 aliphatic heterocycles. The average molecular weight is 456 g/mol.